The van der Waals surface area contributed by atoms with Gasteiger partial charge in [-0.05, 0) is 48.4 Å². The third-order valence-electron chi connectivity index (χ3n) is 3.87. The van der Waals surface area contributed by atoms with E-state index in [1.54, 1.807) is 6.20 Å². The number of aromatic amines is 1. The van der Waals surface area contributed by atoms with Gasteiger partial charge in [0.2, 0.25) is 0 Å². The van der Waals surface area contributed by atoms with Gasteiger partial charge in [-0.3, -0.25) is 0 Å². The van der Waals surface area contributed by atoms with Gasteiger partial charge in [0.15, 0.2) is 0 Å². The van der Waals surface area contributed by atoms with Crippen molar-refractivity contribution in [2.75, 3.05) is 6.61 Å². The van der Waals surface area contributed by atoms with E-state index in [0.717, 1.165) is 29.3 Å². The Morgan fingerprint density at radius 3 is 2.50 bits per heavy atom. The summed E-state index contributed by atoms with van der Waals surface area (Å²) in [4.78, 5) is 0. The van der Waals surface area contributed by atoms with Crippen LogP contribution in [-0.4, -0.2) is 22.0 Å². The highest BCUT2D eigenvalue weighted by Gasteiger charge is 2.21. The Labute approximate surface area is 137 Å². The molecule has 0 bridgehead atoms. The third-order valence-corrected chi connectivity index (χ3v) is 4.09. The summed E-state index contributed by atoms with van der Waals surface area (Å²) in [7, 11) is 0. The third kappa shape index (κ3) is 3.80. The summed E-state index contributed by atoms with van der Waals surface area (Å²) < 4.78 is 5.98. The predicted molar refractivity (Wildman–Crippen MR) is 89.8 cm³/mol. The average Bonchev–Trinajstić information content (AvgIpc) is 2.99. The van der Waals surface area contributed by atoms with Gasteiger partial charge in [0.1, 0.15) is 5.75 Å². The van der Waals surface area contributed by atoms with Crippen molar-refractivity contribution < 1.29 is 4.74 Å². The topological polar surface area (TPSA) is 50.8 Å². The van der Waals surface area contributed by atoms with Gasteiger partial charge in [-0.25, -0.2) is 0 Å². The summed E-state index contributed by atoms with van der Waals surface area (Å²) in [6, 6.07) is 4.05. The van der Waals surface area contributed by atoms with Crippen molar-refractivity contribution in [2.45, 2.75) is 52.4 Å². The largest absolute Gasteiger partial charge is 0.493 e. The molecule has 0 fully saturated rings. The maximum absolute atomic E-state index is 6.36. The Morgan fingerprint density at radius 2 is 1.95 bits per heavy atom. The highest BCUT2D eigenvalue weighted by atomic mass is 35.5. The van der Waals surface area contributed by atoms with Crippen LogP contribution in [0.5, 0.6) is 5.75 Å². The van der Waals surface area contributed by atoms with Gasteiger partial charge >= 0.3 is 0 Å². The molecule has 1 aromatic carbocycles. The molecule has 0 aliphatic heterocycles. The first kappa shape index (κ1) is 16.8. The van der Waals surface area contributed by atoms with Gasteiger partial charge in [-0.15, -0.1) is 0 Å². The van der Waals surface area contributed by atoms with Crippen LogP contribution < -0.4 is 4.74 Å². The van der Waals surface area contributed by atoms with Gasteiger partial charge in [-0.2, -0.15) is 15.4 Å². The standard InChI is InChI=1S/C17H24ClN3O/c1-5-12(7-14-10-19-21-20-14)16-9-13(18)8-15(11(3)4)17(16)22-6-2/h8-12H,5-7H2,1-4H3,(H,19,20,21). The van der Waals surface area contributed by atoms with Crippen molar-refractivity contribution in [3.63, 3.8) is 0 Å². The molecule has 0 aliphatic rings. The van der Waals surface area contributed by atoms with E-state index in [1.807, 2.05) is 19.1 Å². The number of aromatic nitrogens is 3. The molecule has 1 atom stereocenters. The van der Waals surface area contributed by atoms with Crippen LogP contribution in [0.1, 0.15) is 62.8 Å². The molecule has 22 heavy (non-hydrogen) atoms. The van der Waals surface area contributed by atoms with Crippen LogP contribution in [0.4, 0.5) is 0 Å². The maximum atomic E-state index is 6.36. The Bertz CT molecular complexity index is 596. The molecule has 4 nitrogen and oxygen atoms in total. The number of hydrogen-bond acceptors (Lipinski definition) is 3. The van der Waals surface area contributed by atoms with Crippen molar-refractivity contribution in [1.29, 1.82) is 0 Å². The lowest BCUT2D eigenvalue weighted by Gasteiger charge is -2.23. The molecule has 2 rings (SSSR count). The van der Waals surface area contributed by atoms with Crippen molar-refractivity contribution in [3.8, 4) is 5.75 Å². The molecule has 1 heterocycles. The van der Waals surface area contributed by atoms with E-state index in [9.17, 15) is 0 Å². The molecule has 1 aromatic heterocycles. The minimum absolute atomic E-state index is 0.308. The van der Waals surface area contributed by atoms with Gasteiger partial charge in [-0.1, -0.05) is 32.4 Å². The summed E-state index contributed by atoms with van der Waals surface area (Å²) in [6.07, 6.45) is 3.59. The van der Waals surface area contributed by atoms with Crippen LogP contribution in [0, 0.1) is 0 Å². The van der Waals surface area contributed by atoms with Crippen LogP contribution in [0.25, 0.3) is 0 Å². The molecule has 120 valence electrons. The van der Waals surface area contributed by atoms with E-state index < -0.39 is 0 Å². The molecule has 0 spiro atoms. The van der Waals surface area contributed by atoms with E-state index in [4.69, 9.17) is 16.3 Å². The highest BCUT2D eigenvalue weighted by molar-refractivity contribution is 6.30. The molecular weight excluding hydrogens is 298 g/mol. The first-order valence-corrected chi connectivity index (χ1v) is 8.25. The minimum atomic E-state index is 0.308. The zero-order chi connectivity index (χ0) is 16.1. The van der Waals surface area contributed by atoms with Gasteiger partial charge in [0.05, 0.1) is 18.5 Å². The number of ether oxygens (including phenoxy) is 1. The summed E-state index contributed by atoms with van der Waals surface area (Å²) in [5, 5.41) is 11.5. The quantitative estimate of drug-likeness (QED) is 0.803. The SMILES string of the molecule is CCOc1c(C(C)C)cc(Cl)cc1C(CC)Cc1cn[nH]n1. The first-order valence-electron chi connectivity index (χ1n) is 7.87. The Hall–Kier alpha value is -1.55. The maximum Gasteiger partial charge on any atom is 0.126 e. The number of rotatable bonds is 7. The number of H-pyrrole nitrogens is 1. The lowest BCUT2D eigenvalue weighted by atomic mass is 9.88. The van der Waals surface area contributed by atoms with E-state index >= 15 is 0 Å². The molecule has 5 heteroatoms. The van der Waals surface area contributed by atoms with Gasteiger partial charge < -0.3 is 4.74 Å². The molecule has 0 radical (unpaired) electrons. The molecule has 0 saturated carbocycles. The number of halogens is 1. The van der Waals surface area contributed by atoms with Gasteiger partial charge in [0.25, 0.3) is 0 Å². The second-order valence-corrected chi connectivity index (χ2v) is 6.21. The van der Waals surface area contributed by atoms with E-state index in [1.165, 1.54) is 11.1 Å². The normalized spacial score (nSPS) is 12.6. The van der Waals surface area contributed by atoms with Crippen LogP contribution >= 0.6 is 11.6 Å². The summed E-state index contributed by atoms with van der Waals surface area (Å²) in [5.74, 6) is 1.66. The molecule has 0 saturated heterocycles. The van der Waals surface area contributed by atoms with E-state index in [-0.39, 0.29) is 0 Å². The zero-order valence-electron chi connectivity index (χ0n) is 13.7. The lowest BCUT2D eigenvalue weighted by molar-refractivity contribution is 0.328. The van der Waals surface area contributed by atoms with Crippen LogP contribution in [0.2, 0.25) is 5.02 Å². The van der Waals surface area contributed by atoms with Crippen LogP contribution in [0.3, 0.4) is 0 Å². The molecule has 1 N–H and O–H groups in total. The lowest BCUT2D eigenvalue weighted by Crippen LogP contribution is -2.09. The number of nitrogens with one attached hydrogen (secondary N) is 1. The summed E-state index contributed by atoms with van der Waals surface area (Å²) >= 11 is 6.36. The van der Waals surface area contributed by atoms with Crippen molar-refractivity contribution in [2.24, 2.45) is 0 Å². The van der Waals surface area contributed by atoms with Crippen molar-refractivity contribution >= 4 is 11.6 Å². The predicted octanol–water partition coefficient (Wildman–Crippen LogP) is 4.72. The number of benzene rings is 1. The minimum Gasteiger partial charge on any atom is -0.493 e. The van der Waals surface area contributed by atoms with Crippen LogP contribution in [0.15, 0.2) is 18.3 Å². The molecule has 2 aromatic rings. The smallest absolute Gasteiger partial charge is 0.126 e. The monoisotopic (exact) mass is 321 g/mol. The highest BCUT2D eigenvalue weighted by Crippen LogP contribution is 2.39. The fourth-order valence-electron chi connectivity index (χ4n) is 2.73. The van der Waals surface area contributed by atoms with Crippen molar-refractivity contribution in [3.05, 3.63) is 40.2 Å². The van der Waals surface area contributed by atoms with Crippen LogP contribution in [-0.2, 0) is 6.42 Å². The fraction of sp³-hybridized carbons (Fsp3) is 0.529. The molecule has 0 amide bonds. The van der Waals surface area contributed by atoms with E-state index in [0.29, 0.717) is 18.4 Å². The molecular formula is C17H24ClN3O. The number of hydrogen-bond donors (Lipinski definition) is 1. The summed E-state index contributed by atoms with van der Waals surface area (Å²) in [5.41, 5.74) is 3.30. The summed E-state index contributed by atoms with van der Waals surface area (Å²) in [6.45, 7) is 9.17. The fourth-order valence-corrected chi connectivity index (χ4v) is 2.97. The molecule has 1 unspecified atom stereocenters. The van der Waals surface area contributed by atoms with Gasteiger partial charge in [0, 0.05) is 11.4 Å². The average molecular weight is 322 g/mol. The van der Waals surface area contributed by atoms with Crippen molar-refractivity contribution in [1.82, 2.24) is 15.4 Å². The first-order chi connectivity index (χ1) is 10.6. The number of nitrogens with zero attached hydrogens (tertiary/aromatic N) is 2. The zero-order valence-corrected chi connectivity index (χ0v) is 14.4. The second kappa shape index (κ2) is 7.63. The Morgan fingerprint density at radius 1 is 1.23 bits per heavy atom. The Balaban J connectivity index is 2.45. The molecule has 0 aliphatic carbocycles. The Kier molecular flexibility index (Phi) is 5.83. The second-order valence-electron chi connectivity index (χ2n) is 5.77. The van der Waals surface area contributed by atoms with E-state index in [2.05, 4.69) is 36.2 Å².